The molecular weight excluding hydrogens is 366 g/mol. The summed E-state index contributed by atoms with van der Waals surface area (Å²) in [4.78, 5) is 11.2. The van der Waals surface area contributed by atoms with Gasteiger partial charge in [0.25, 0.3) is 0 Å². The van der Waals surface area contributed by atoms with Crippen molar-refractivity contribution in [3.8, 4) is 11.3 Å². The number of pyridine rings is 1. The minimum absolute atomic E-state index is 0.461. The van der Waals surface area contributed by atoms with E-state index in [2.05, 4.69) is 20.2 Å². The van der Waals surface area contributed by atoms with E-state index in [-0.39, 0.29) is 0 Å². The molecule has 0 unspecified atom stereocenters. The molecular formula is C21H27N7O. The van der Waals surface area contributed by atoms with Crippen LogP contribution in [0.2, 0.25) is 0 Å². The summed E-state index contributed by atoms with van der Waals surface area (Å²) in [6.45, 7) is 3.90. The number of nitrogens with one attached hydrogen (secondary N) is 1. The molecule has 0 atom stereocenters. The number of ether oxygens (including phenoxy) is 1. The summed E-state index contributed by atoms with van der Waals surface area (Å²) in [6, 6.07) is 8.92. The maximum absolute atomic E-state index is 5.71. The van der Waals surface area contributed by atoms with Crippen LogP contribution in [0.25, 0.3) is 16.9 Å². The quantitative estimate of drug-likeness (QED) is 0.703. The van der Waals surface area contributed by atoms with Crippen molar-refractivity contribution in [2.24, 2.45) is 0 Å². The Bertz CT molecular complexity index is 957. The summed E-state index contributed by atoms with van der Waals surface area (Å²) >= 11 is 0. The van der Waals surface area contributed by atoms with E-state index < -0.39 is 0 Å². The predicted octanol–water partition coefficient (Wildman–Crippen LogP) is 2.43. The maximum Gasteiger partial charge on any atom is 0.154 e. The lowest BCUT2D eigenvalue weighted by Crippen LogP contribution is -2.46. The summed E-state index contributed by atoms with van der Waals surface area (Å²) in [5.74, 6) is 1.39. The monoisotopic (exact) mass is 393 g/mol. The van der Waals surface area contributed by atoms with Crippen molar-refractivity contribution in [2.75, 3.05) is 37.4 Å². The summed E-state index contributed by atoms with van der Waals surface area (Å²) in [5.41, 5.74) is 8.38. The van der Waals surface area contributed by atoms with Crippen LogP contribution in [0.3, 0.4) is 0 Å². The Hall–Kier alpha value is -2.71. The van der Waals surface area contributed by atoms with Gasteiger partial charge in [-0.1, -0.05) is 0 Å². The molecule has 3 aromatic rings. The van der Waals surface area contributed by atoms with Crippen LogP contribution < -0.4 is 11.1 Å². The number of nitrogen functional groups attached to an aromatic ring is 1. The zero-order valence-electron chi connectivity index (χ0n) is 16.5. The molecule has 0 bridgehead atoms. The van der Waals surface area contributed by atoms with Crippen molar-refractivity contribution in [2.45, 2.75) is 37.8 Å². The van der Waals surface area contributed by atoms with Crippen LogP contribution in [0.15, 0.2) is 36.7 Å². The number of aromatic nitrogens is 4. The summed E-state index contributed by atoms with van der Waals surface area (Å²) in [7, 11) is 0. The summed E-state index contributed by atoms with van der Waals surface area (Å²) in [6.07, 6.45) is 8.38. The van der Waals surface area contributed by atoms with Crippen LogP contribution in [0.4, 0.5) is 11.6 Å². The SMILES string of the molecule is Nc1ccc(-c2cnc3ccc(N[C@H]4CC[C@H](N5CCOCC5)CC4)nn23)cn1. The largest absolute Gasteiger partial charge is 0.384 e. The second kappa shape index (κ2) is 7.96. The van der Waals surface area contributed by atoms with Gasteiger partial charge in [0.2, 0.25) is 0 Å². The Balaban J connectivity index is 1.27. The van der Waals surface area contributed by atoms with Crippen molar-refractivity contribution in [3.63, 3.8) is 0 Å². The Labute approximate surface area is 170 Å². The molecule has 1 saturated carbocycles. The number of fused-ring (bicyclic) bond motifs is 1. The average Bonchev–Trinajstić information content (AvgIpc) is 3.19. The standard InChI is InChI=1S/C21H27N7O/c22-19-6-1-15(13-23-19)18-14-24-21-8-7-20(26-28(18)21)25-16-2-4-17(5-3-16)27-9-11-29-12-10-27/h1,6-8,13-14,16-17H,2-5,9-12H2,(H2,22,23)(H,25,26)/t16-,17-. The topological polar surface area (TPSA) is 93.6 Å². The first kappa shape index (κ1) is 18.3. The molecule has 0 aromatic carbocycles. The molecule has 0 radical (unpaired) electrons. The predicted molar refractivity (Wildman–Crippen MR) is 113 cm³/mol. The van der Waals surface area contributed by atoms with Crippen molar-refractivity contribution < 1.29 is 4.74 Å². The number of hydrogen-bond donors (Lipinski definition) is 2. The van der Waals surface area contributed by atoms with Gasteiger partial charge in [0.15, 0.2) is 5.65 Å². The minimum atomic E-state index is 0.461. The molecule has 2 aliphatic rings. The van der Waals surface area contributed by atoms with Gasteiger partial charge in [0.1, 0.15) is 11.6 Å². The highest BCUT2D eigenvalue weighted by atomic mass is 16.5. The minimum Gasteiger partial charge on any atom is -0.384 e. The van der Waals surface area contributed by atoms with E-state index in [9.17, 15) is 0 Å². The van der Waals surface area contributed by atoms with Gasteiger partial charge in [-0.15, -0.1) is 5.10 Å². The fourth-order valence-electron chi connectivity index (χ4n) is 4.44. The summed E-state index contributed by atoms with van der Waals surface area (Å²) in [5, 5.41) is 8.43. The second-order valence-electron chi connectivity index (χ2n) is 7.90. The molecule has 5 rings (SSSR count). The van der Waals surface area contributed by atoms with Gasteiger partial charge in [-0.3, -0.25) is 4.90 Å². The first-order valence-electron chi connectivity index (χ1n) is 10.4. The molecule has 3 aromatic heterocycles. The lowest BCUT2D eigenvalue weighted by molar-refractivity contribution is 0.00790. The van der Waals surface area contributed by atoms with Crippen LogP contribution in [-0.2, 0) is 4.74 Å². The average molecular weight is 393 g/mol. The smallest absolute Gasteiger partial charge is 0.154 e. The van der Waals surface area contributed by atoms with Crippen molar-refractivity contribution >= 4 is 17.3 Å². The van der Waals surface area contributed by atoms with Gasteiger partial charge in [0, 0.05) is 36.9 Å². The van der Waals surface area contributed by atoms with E-state index in [4.69, 9.17) is 15.6 Å². The highest BCUT2D eigenvalue weighted by molar-refractivity contribution is 5.63. The number of rotatable bonds is 4. The fraction of sp³-hybridized carbons (Fsp3) is 0.476. The van der Waals surface area contributed by atoms with Crippen molar-refractivity contribution in [1.29, 1.82) is 0 Å². The first-order valence-corrected chi connectivity index (χ1v) is 10.4. The molecule has 8 nitrogen and oxygen atoms in total. The lowest BCUT2D eigenvalue weighted by Gasteiger charge is -2.39. The normalized spacial score (nSPS) is 23.3. The summed E-state index contributed by atoms with van der Waals surface area (Å²) < 4.78 is 7.36. The Morgan fingerprint density at radius 3 is 2.55 bits per heavy atom. The molecule has 29 heavy (non-hydrogen) atoms. The molecule has 2 fully saturated rings. The zero-order chi connectivity index (χ0) is 19.6. The molecule has 1 aliphatic carbocycles. The van der Waals surface area contributed by atoms with Gasteiger partial charge in [-0.05, 0) is 49.9 Å². The van der Waals surface area contributed by atoms with Gasteiger partial charge < -0.3 is 15.8 Å². The second-order valence-corrected chi connectivity index (χ2v) is 7.90. The van der Waals surface area contributed by atoms with Gasteiger partial charge in [-0.2, -0.15) is 0 Å². The number of nitrogens with zero attached hydrogens (tertiary/aromatic N) is 5. The lowest BCUT2D eigenvalue weighted by atomic mass is 9.90. The van der Waals surface area contributed by atoms with E-state index in [1.807, 2.05) is 28.9 Å². The van der Waals surface area contributed by atoms with E-state index in [0.717, 1.165) is 49.0 Å². The molecule has 4 heterocycles. The van der Waals surface area contributed by atoms with Gasteiger partial charge >= 0.3 is 0 Å². The van der Waals surface area contributed by atoms with Crippen LogP contribution in [0.5, 0.6) is 0 Å². The highest BCUT2D eigenvalue weighted by Gasteiger charge is 2.27. The third-order valence-corrected chi connectivity index (χ3v) is 6.06. The number of anilines is 2. The number of imidazole rings is 1. The van der Waals surface area contributed by atoms with Gasteiger partial charge in [0.05, 0.1) is 25.1 Å². The third-order valence-electron chi connectivity index (χ3n) is 6.06. The first-order chi connectivity index (χ1) is 14.3. The molecule has 152 valence electrons. The number of nitrogens with two attached hydrogens (primary N) is 1. The highest BCUT2D eigenvalue weighted by Crippen LogP contribution is 2.26. The Morgan fingerprint density at radius 1 is 0.966 bits per heavy atom. The van der Waals surface area contributed by atoms with E-state index in [1.54, 1.807) is 12.3 Å². The number of hydrogen-bond acceptors (Lipinski definition) is 7. The van der Waals surface area contributed by atoms with E-state index in [0.29, 0.717) is 17.9 Å². The Kier molecular flexibility index (Phi) is 5.03. The number of morpholine rings is 1. The Morgan fingerprint density at radius 2 is 1.79 bits per heavy atom. The molecule has 1 aliphatic heterocycles. The molecule has 0 amide bonds. The van der Waals surface area contributed by atoms with Crippen LogP contribution in [0.1, 0.15) is 25.7 Å². The third kappa shape index (κ3) is 3.90. The van der Waals surface area contributed by atoms with E-state index in [1.165, 1.54) is 25.7 Å². The van der Waals surface area contributed by atoms with Crippen molar-refractivity contribution in [1.82, 2.24) is 24.5 Å². The molecule has 0 spiro atoms. The fourth-order valence-corrected chi connectivity index (χ4v) is 4.44. The molecule has 8 heteroatoms. The zero-order valence-corrected chi connectivity index (χ0v) is 16.5. The molecule has 1 saturated heterocycles. The maximum atomic E-state index is 5.71. The van der Waals surface area contributed by atoms with Crippen molar-refractivity contribution in [3.05, 3.63) is 36.7 Å². The molecule has 3 N–H and O–H groups in total. The van der Waals surface area contributed by atoms with Crippen LogP contribution >= 0.6 is 0 Å². The van der Waals surface area contributed by atoms with E-state index >= 15 is 0 Å². The van der Waals surface area contributed by atoms with Crippen LogP contribution in [-0.4, -0.2) is 62.9 Å². The van der Waals surface area contributed by atoms with Gasteiger partial charge in [-0.25, -0.2) is 14.5 Å². The van der Waals surface area contributed by atoms with Crippen LogP contribution in [0, 0.1) is 0 Å².